The number of halogens is 4. The molecule has 0 spiro atoms. The highest BCUT2D eigenvalue weighted by molar-refractivity contribution is 5.69. The number of carbonyl (C=O) groups is 1. The molecule has 1 aromatic carbocycles. The summed E-state index contributed by atoms with van der Waals surface area (Å²) in [6.07, 6.45) is -5.90. The molecule has 176 valence electrons. The first-order valence-electron chi connectivity index (χ1n) is 9.78. The smallest absolute Gasteiger partial charge is 0.424 e. The van der Waals surface area contributed by atoms with Gasteiger partial charge in [0.1, 0.15) is 11.4 Å². The number of alkyl carbamates (subject to hydrolysis) is 1. The zero-order valence-corrected chi connectivity index (χ0v) is 18.5. The number of hydrogen-bond donors (Lipinski definition) is 3. The number of aromatic nitrogens is 1. The maximum absolute atomic E-state index is 13.7. The summed E-state index contributed by atoms with van der Waals surface area (Å²) in [6, 6.07) is 7.42. The van der Waals surface area contributed by atoms with Gasteiger partial charge in [0.2, 0.25) is 5.60 Å². The van der Waals surface area contributed by atoms with Crippen LogP contribution in [0.5, 0.6) is 0 Å². The van der Waals surface area contributed by atoms with Gasteiger partial charge in [0.05, 0.1) is 16.9 Å². The SMILES string of the molecule is CC(C)(C)OC(=O)NC(C)(C)c1cc(-c2ccc(F)cc2)nc([C@](O)(CN)C(F)(F)F)c1. The summed E-state index contributed by atoms with van der Waals surface area (Å²) >= 11 is 0. The average Bonchev–Trinajstić information content (AvgIpc) is 2.64. The lowest BCUT2D eigenvalue weighted by Crippen LogP contribution is -2.49. The van der Waals surface area contributed by atoms with E-state index in [0.29, 0.717) is 5.56 Å². The van der Waals surface area contributed by atoms with E-state index in [2.05, 4.69) is 10.3 Å². The molecule has 0 unspecified atom stereocenters. The van der Waals surface area contributed by atoms with Gasteiger partial charge in [-0.05, 0) is 76.6 Å². The third kappa shape index (κ3) is 5.74. The molecule has 1 aromatic heterocycles. The molecule has 1 amide bonds. The van der Waals surface area contributed by atoms with E-state index in [1.54, 1.807) is 34.6 Å². The predicted octanol–water partition coefficient (Wildman–Crippen LogP) is 4.36. The molecule has 0 aliphatic carbocycles. The van der Waals surface area contributed by atoms with Crippen LogP contribution in [0.3, 0.4) is 0 Å². The number of hydrogen-bond acceptors (Lipinski definition) is 5. The van der Waals surface area contributed by atoms with Crippen molar-refractivity contribution in [2.75, 3.05) is 6.54 Å². The number of ether oxygens (including phenoxy) is 1. The van der Waals surface area contributed by atoms with Crippen molar-refractivity contribution in [3.8, 4) is 11.3 Å². The molecule has 1 heterocycles. The van der Waals surface area contributed by atoms with Crippen LogP contribution < -0.4 is 11.1 Å². The topological polar surface area (TPSA) is 97.5 Å². The summed E-state index contributed by atoms with van der Waals surface area (Å²) in [6.45, 7) is 6.94. The van der Waals surface area contributed by atoms with E-state index in [4.69, 9.17) is 10.5 Å². The van der Waals surface area contributed by atoms with Crippen LogP contribution in [0, 0.1) is 5.82 Å². The summed E-state index contributed by atoms with van der Waals surface area (Å²) in [4.78, 5) is 16.3. The molecule has 2 rings (SSSR count). The van der Waals surface area contributed by atoms with E-state index in [1.165, 1.54) is 18.2 Å². The van der Waals surface area contributed by atoms with Gasteiger partial charge in [-0.15, -0.1) is 0 Å². The van der Waals surface area contributed by atoms with Crippen LogP contribution in [-0.4, -0.2) is 34.5 Å². The van der Waals surface area contributed by atoms with Crippen molar-refractivity contribution in [1.82, 2.24) is 10.3 Å². The lowest BCUT2D eigenvalue weighted by molar-refractivity contribution is -0.263. The summed E-state index contributed by atoms with van der Waals surface area (Å²) in [5, 5.41) is 13.0. The molecule has 4 N–H and O–H groups in total. The van der Waals surface area contributed by atoms with Crippen molar-refractivity contribution >= 4 is 6.09 Å². The molecule has 0 saturated carbocycles. The minimum Gasteiger partial charge on any atom is -0.444 e. The monoisotopic (exact) mass is 457 g/mol. The molecule has 0 radical (unpaired) electrons. The minimum absolute atomic E-state index is 0.0349. The number of aliphatic hydroxyl groups is 1. The van der Waals surface area contributed by atoms with Crippen LogP contribution >= 0.6 is 0 Å². The zero-order chi connectivity index (χ0) is 24.5. The van der Waals surface area contributed by atoms with Gasteiger partial charge < -0.3 is 20.9 Å². The number of benzene rings is 1. The molecule has 0 fully saturated rings. The zero-order valence-electron chi connectivity index (χ0n) is 18.5. The highest BCUT2D eigenvalue weighted by atomic mass is 19.4. The quantitative estimate of drug-likeness (QED) is 0.580. The van der Waals surface area contributed by atoms with Gasteiger partial charge in [-0.1, -0.05) is 0 Å². The van der Waals surface area contributed by atoms with Crippen molar-refractivity contribution in [3.63, 3.8) is 0 Å². The fourth-order valence-corrected chi connectivity index (χ4v) is 2.87. The van der Waals surface area contributed by atoms with E-state index >= 15 is 0 Å². The second-order valence-electron chi connectivity index (χ2n) is 8.95. The molecule has 0 saturated heterocycles. The van der Waals surface area contributed by atoms with Crippen LogP contribution in [0.2, 0.25) is 0 Å². The van der Waals surface area contributed by atoms with Gasteiger partial charge in [-0.25, -0.2) is 14.2 Å². The van der Waals surface area contributed by atoms with Gasteiger partial charge >= 0.3 is 12.3 Å². The third-order valence-electron chi connectivity index (χ3n) is 4.69. The molecule has 0 aliphatic heterocycles. The Hall–Kier alpha value is -2.72. The number of alkyl halides is 3. The maximum Gasteiger partial charge on any atom is 0.424 e. The lowest BCUT2D eigenvalue weighted by atomic mass is 9.89. The molecular formula is C22H27F4N3O3. The summed E-state index contributed by atoms with van der Waals surface area (Å²) in [5.74, 6) is -0.536. The summed E-state index contributed by atoms with van der Waals surface area (Å²) in [5.41, 5.74) is -0.361. The number of rotatable bonds is 5. The van der Waals surface area contributed by atoms with Gasteiger partial charge in [0.15, 0.2) is 0 Å². The second-order valence-corrected chi connectivity index (χ2v) is 8.95. The summed E-state index contributed by atoms with van der Waals surface area (Å²) < 4.78 is 59.7. The molecule has 2 aromatic rings. The Morgan fingerprint density at radius 2 is 1.66 bits per heavy atom. The van der Waals surface area contributed by atoms with Crippen molar-refractivity contribution in [2.24, 2.45) is 5.73 Å². The van der Waals surface area contributed by atoms with Crippen LogP contribution in [0.4, 0.5) is 22.4 Å². The minimum atomic E-state index is -5.11. The van der Waals surface area contributed by atoms with E-state index in [-0.39, 0.29) is 11.3 Å². The normalized spacial score (nSPS) is 14.6. The number of nitrogens with two attached hydrogens (primary N) is 1. The Bertz CT molecular complexity index is 970. The molecule has 10 heteroatoms. The van der Waals surface area contributed by atoms with Crippen LogP contribution in [0.15, 0.2) is 36.4 Å². The maximum atomic E-state index is 13.7. The molecule has 6 nitrogen and oxygen atoms in total. The first-order chi connectivity index (χ1) is 14.5. The fourth-order valence-electron chi connectivity index (χ4n) is 2.87. The van der Waals surface area contributed by atoms with E-state index < -0.39 is 47.1 Å². The lowest BCUT2D eigenvalue weighted by Gasteiger charge is -2.32. The highest BCUT2D eigenvalue weighted by Crippen LogP contribution is 2.39. The molecule has 0 aliphatic rings. The Kier molecular flexibility index (Phi) is 6.92. The first kappa shape index (κ1) is 25.5. The second kappa shape index (κ2) is 8.67. The largest absolute Gasteiger partial charge is 0.444 e. The molecule has 0 bridgehead atoms. The van der Waals surface area contributed by atoms with Gasteiger partial charge in [0.25, 0.3) is 0 Å². The van der Waals surface area contributed by atoms with Gasteiger partial charge in [-0.3, -0.25) is 0 Å². The third-order valence-corrected chi connectivity index (χ3v) is 4.69. The van der Waals surface area contributed by atoms with Gasteiger partial charge in [0, 0.05) is 12.1 Å². The van der Waals surface area contributed by atoms with E-state index in [1.807, 2.05) is 0 Å². The van der Waals surface area contributed by atoms with Crippen molar-refractivity contribution in [3.05, 3.63) is 53.5 Å². The van der Waals surface area contributed by atoms with Crippen molar-refractivity contribution in [1.29, 1.82) is 0 Å². The number of pyridine rings is 1. The Morgan fingerprint density at radius 3 is 2.12 bits per heavy atom. The van der Waals surface area contributed by atoms with Crippen molar-refractivity contribution < 1.29 is 32.2 Å². The molecule has 32 heavy (non-hydrogen) atoms. The number of amides is 1. The van der Waals surface area contributed by atoms with Gasteiger partial charge in [-0.2, -0.15) is 13.2 Å². The highest BCUT2D eigenvalue weighted by Gasteiger charge is 2.55. The summed E-state index contributed by atoms with van der Waals surface area (Å²) in [7, 11) is 0. The number of carbonyl (C=O) groups excluding carboxylic acids is 1. The average molecular weight is 457 g/mol. The number of nitrogens with one attached hydrogen (secondary N) is 1. The van der Waals surface area contributed by atoms with Crippen molar-refractivity contribution in [2.45, 2.75) is 57.5 Å². The van der Waals surface area contributed by atoms with Crippen LogP contribution in [0.25, 0.3) is 11.3 Å². The van der Waals surface area contributed by atoms with Crippen LogP contribution in [0.1, 0.15) is 45.9 Å². The Labute approximate surface area is 183 Å². The molecule has 1 atom stereocenters. The molecular weight excluding hydrogens is 430 g/mol. The van der Waals surface area contributed by atoms with E-state index in [9.17, 15) is 27.5 Å². The fraction of sp³-hybridized carbons (Fsp3) is 0.455. The van der Waals surface area contributed by atoms with E-state index in [0.717, 1.165) is 18.2 Å². The number of nitrogens with zero attached hydrogens (tertiary/aromatic N) is 1. The Balaban J connectivity index is 2.65. The van der Waals surface area contributed by atoms with Crippen LogP contribution in [-0.2, 0) is 15.9 Å². The Morgan fingerprint density at radius 1 is 1.09 bits per heavy atom. The first-order valence-corrected chi connectivity index (χ1v) is 9.78. The predicted molar refractivity (Wildman–Crippen MR) is 111 cm³/mol. The standard InChI is InChI=1S/C22H27F4N3O3/c1-19(2,3)32-18(30)29-20(4,5)14-10-16(13-6-8-15(23)9-7-13)28-17(11-14)21(31,12-27)22(24,25)26/h6-11,31H,12,27H2,1-5H3,(H,29,30)/t21-/m1/s1.